The molecular weight excluding hydrogens is 436 g/mol. The number of aryl methyl sites for hydroxylation is 1. The Bertz CT molecular complexity index is 1470. The summed E-state index contributed by atoms with van der Waals surface area (Å²) in [7, 11) is 0. The molecule has 1 amide bonds. The van der Waals surface area contributed by atoms with Crippen LogP contribution < -0.4 is 16.1 Å². The van der Waals surface area contributed by atoms with Crippen molar-refractivity contribution in [3.8, 4) is 5.69 Å². The number of hydrogen-bond acceptors (Lipinski definition) is 4. The van der Waals surface area contributed by atoms with Crippen molar-refractivity contribution in [3.63, 3.8) is 0 Å². The maximum Gasteiger partial charge on any atom is 0.224 e. The van der Waals surface area contributed by atoms with Gasteiger partial charge in [0.1, 0.15) is 5.82 Å². The average Bonchev–Trinajstić information content (AvgIpc) is 2.89. The van der Waals surface area contributed by atoms with E-state index in [1.807, 2.05) is 77.4 Å². The van der Waals surface area contributed by atoms with Gasteiger partial charge in [-0.15, -0.1) is 0 Å². The van der Waals surface area contributed by atoms with Crippen LogP contribution in [0.5, 0.6) is 0 Å². The van der Waals surface area contributed by atoms with Crippen molar-refractivity contribution in [1.82, 2.24) is 9.55 Å². The Labute approximate surface area is 203 Å². The van der Waals surface area contributed by atoms with E-state index in [2.05, 4.69) is 27.8 Å². The van der Waals surface area contributed by atoms with Gasteiger partial charge in [-0.05, 0) is 55.7 Å². The van der Waals surface area contributed by atoms with Crippen molar-refractivity contribution in [2.24, 2.45) is 0 Å². The average molecular weight is 463 g/mol. The molecule has 0 saturated carbocycles. The van der Waals surface area contributed by atoms with E-state index in [0.29, 0.717) is 24.0 Å². The first-order valence-corrected chi connectivity index (χ1v) is 11.8. The molecule has 0 radical (unpaired) electrons. The van der Waals surface area contributed by atoms with Gasteiger partial charge in [0.2, 0.25) is 5.91 Å². The number of carbonyl (C=O) groups excluding carboxylic acids is 1. The fraction of sp³-hybridized carbons (Fsp3) is 0.138. The Morgan fingerprint density at radius 1 is 0.971 bits per heavy atom. The Hall–Kier alpha value is -4.45. The van der Waals surface area contributed by atoms with Crippen molar-refractivity contribution in [2.75, 3.05) is 10.6 Å². The highest BCUT2D eigenvalue weighted by Crippen LogP contribution is 2.25. The summed E-state index contributed by atoms with van der Waals surface area (Å²) < 4.78 is 2.04. The van der Waals surface area contributed by atoms with E-state index in [0.717, 1.165) is 41.1 Å². The molecule has 4 aromatic rings. The van der Waals surface area contributed by atoms with Gasteiger partial charge in [-0.3, -0.25) is 19.1 Å². The van der Waals surface area contributed by atoms with Gasteiger partial charge in [-0.1, -0.05) is 48.6 Å². The number of nitrogens with one attached hydrogen (secondary N) is 2. The van der Waals surface area contributed by atoms with Gasteiger partial charge >= 0.3 is 0 Å². The number of nitrogens with zero attached hydrogens (tertiary/aromatic N) is 2. The van der Waals surface area contributed by atoms with Crippen LogP contribution in [0.15, 0.2) is 108 Å². The van der Waals surface area contributed by atoms with E-state index in [1.54, 1.807) is 12.3 Å². The van der Waals surface area contributed by atoms with Crippen molar-refractivity contribution in [2.45, 2.75) is 25.7 Å². The lowest BCUT2D eigenvalue weighted by atomic mass is 10.1. The SMILES string of the molecule is O=C(CCc1cc2c(cn1)c(=O)cc(NC1=CCCC=C1)n2-c1ccccc1)Nc1ccccc1. The summed E-state index contributed by atoms with van der Waals surface area (Å²) in [5, 5.41) is 6.87. The van der Waals surface area contributed by atoms with E-state index in [-0.39, 0.29) is 11.3 Å². The van der Waals surface area contributed by atoms with Gasteiger partial charge in [0.05, 0.1) is 10.9 Å². The minimum absolute atomic E-state index is 0.0787. The highest BCUT2D eigenvalue weighted by molar-refractivity contribution is 5.91. The van der Waals surface area contributed by atoms with Crippen molar-refractivity contribution in [3.05, 3.63) is 119 Å². The highest BCUT2D eigenvalue weighted by atomic mass is 16.1. The predicted octanol–water partition coefficient (Wildman–Crippen LogP) is 5.60. The Balaban J connectivity index is 1.50. The first-order chi connectivity index (χ1) is 17.2. The number of allylic oxidation sites excluding steroid dienone is 3. The molecule has 1 aliphatic carbocycles. The second-order valence-corrected chi connectivity index (χ2v) is 8.44. The standard InChI is InChI=1S/C29H26N4O2/c34-27-19-28(31-21-10-4-1-5-11-21)33(24-14-8-3-9-15-24)26-18-23(30-20-25(26)27)16-17-29(35)32-22-12-6-2-7-13-22/h2-4,6-15,18-20,31H,1,5,16-17H2,(H,32,35). The molecule has 174 valence electrons. The number of carbonyl (C=O) groups is 1. The van der Waals surface area contributed by atoms with E-state index < -0.39 is 0 Å². The molecule has 5 rings (SSSR count). The van der Waals surface area contributed by atoms with E-state index >= 15 is 0 Å². The number of hydrogen-bond donors (Lipinski definition) is 2. The minimum atomic E-state index is -0.101. The van der Waals surface area contributed by atoms with Crippen LogP contribution in [0.2, 0.25) is 0 Å². The quantitative estimate of drug-likeness (QED) is 0.375. The molecule has 35 heavy (non-hydrogen) atoms. The van der Waals surface area contributed by atoms with Gasteiger partial charge < -0.3 is 10.6 Å². The summed E-state index contributed by atoms with van der Waals surface area (Å²) in [6, 6.07) is 22.8. The smallest absolute Gasteiger partial charge is 0.224 e. The molecule has 1 aliphatic rings. The van der Waals surface area contributed by atoms with E-state index in [9.17, 15) is 9.59 Å². The molecule has 0 bridgehead atoms. The molecule has 2 N–H and O–H groups in total. The topological polar surface area (TPSA) is 76.0 Å². The zero-order chi connectivity index (χ0) is 24.0. The molecule has 6 heteroatoms. The van der Waals surface area contributed by atoms with Crippen LogP contribution in [0.4, 0.5) is 11.5 Å². The third-order valence-electron chi connectivity index (χ3n) is 5.90. The lowest BCUT2D eigenvalue weighted by molar-refractivity contribution is -0.116. The number of benzene rings is 2. The summed E-state index contributed by atoms with van der Waals surface area (Å²) in [5.74, 6) is 0.607. The van der Waals surface area contributed by atoms with Crippen LogP contribution in [-0.4, -0.2) is 15.5 Å². The number of fused-ring (bicyclic) bond motifs is 1. The fourth-order valence-corrected chi connectivity index (χ4v) is 4.18. The summed E-state index contributed by atoms with van der Waals surface area (Å²) in [5.41, 5.74) is 4.06. The van der Waals surface area contributed by atoms with Crippen LogP contribution in [-0.2, 0) is 11.2 Å². The molecule has 0 spiro atoms. The van der Waals surface area contributed by atoms with Crippen molar-refractivity contribution in [1.29, 1.82) is 0 Å². The number of amides is 1. The Morgan fingerprint density at radius 3 is 2.49 bits per heavy atom. The van der Waals surface area contributed by atoms with Crippen LogP contribution >= 0.6 is 0 Å². The zero-order valence-electron chi connectivity index (χ0n) is 19.3. The fourth-order valence-electron chi connectivity index (χ4n) is 4.18. The Morgan fingerprint density at radius 2 is 1.74 bits per heavy atom. The molecule has 0 saturated heterocycles. The number of para-hydroxylation sites is 2. The predicted molar refractivity (Wildman–Crippen MR) is 141 cm³/mol. The maximum atomic E-state index is 13.0. The van der Waals surface area contributed by atoms with Gasteiger partial charge in [0.25, 0.3) is 0 Å². The maximum absolute atomic E-state index is 13.0. The lowest BCUT2D eigenvalue weighted by Crippen LogP contribution is -2.15. The van der Waals surface area contributed by atoms with Crippen molar-refractivity contribution >= 4 is 28.3 Å². The summed E-state index contributed by atoms with van der Waals surface area (Å²) >= 11 is 0. The van der Waals surface area contributed by atoms with E-state index in [1.165, 1.54) is 0 Å². The van der Waals surface area contributed by atoms with E-state index in [4.69, 9.17) is 0 Å². The van der Waals surface area contributed by atoms with Gasteiger partial charge in [0, 0.05) is 41.4 Å². The molecular formula is C29H26N4O2. The molecule has 2 heterocycles. The van der Waals surface area contributed by atoms with Crippen molar-refractivity contribution < 1.29 is 4.79 Å². The molecule has 6 nitrogen and oxygen atoms in total. The zero-order valence-corrected chi connectivity index (χ0v) is 19.3. The van der Waals surface area contributed by atoms with Gasteiger partial charge in [-0.25, -0.2) is 0 Å². The monoisotopic (exact) mass is 462 g/mol. The van der Waals surface area contributed by atoms with Gasteiger partial charge in [0.15, 0.2) is 5.43 Å². The van der Waals surface area contributed by atoms with Crippen LogP contribution in [0.25, 0.3) is 16.6 Å². The third-order valence-corrected chi connectivity index (χ3v) is 5.90. The molecule has 2 aromatic carbocycles. The van der Waals surface area contributed by atoms with Crippen LogP contribution in [0.3, 0.4) is 0 Å². The third kappa shape index (κ3) is 5.22. The number of rotatable bonds is 7. The lowest BCUT2D eigenvalue weighted by Gasteiger charge is -2.20. The van der Waals surface area contributed by atoms with Crippen LogP contribution in [0.1, 0.15) is 25.0 Å². The van der Waals surface area contributed by atoms with Gasteiger partial charge in [-0.2, -0.15) is 0 Å². The second-order valence-electron chi connectivity index (χ2n) is 8.44. The summed E-state index contributed by atoms with van der Waals surface area (Å²) in [6.45, 7) is 0. The second kappa shape index (κ2) is 10.2. The highest BCUT2D eigenvalue weighted by Gasteiger charge is 2.14. The molecule has 0 unspecified atom stereocenters. The molecule has 0 atom stereocenters. The Kier molecular flexibility index (Phi) is 6.52. The minimum Gasteiger partial charge on any atom is -0.342 e. The normalized spacial score (nSPS) is 12.9. The molecule has 0 fully saturated rings. The molecule has 0 aliphatic heterocycles. The number of anilines is 2. The summed E-state index contributed by atoms with van der Waals surface area (Å²) in [4.78, 5) is 30.0. The number of aromatic nitrogens is 2. The largest absolute Gasteiger partial charge is 0.342 e. The number of pyridine rings is 2. The molecule has 2 aromatic heterocycles. The first-order valence-electron chi connectivity index (χ1n) is 11.8. The van der Waals surface area contributed by atoms with Crippen LogP contribution in [0, 0.1) is 0 Å². The summed E-state index contributed by atoms with van der Waals surface area (Å²) in [6.07, 6.45) is 10.6. The first kappa shape index (κ1) is 22.3.